The molecule has 1 rings (SSSR count). The number of hydrogen-bond donors (Lipinski definition) is 2. The molecule has 1 aliphatic carbocycles. The van der Waals surface area contributed by atoms with Crippen LogP contribution in [-0.2, 0) is 4.79 Å². The number of carbonyl (C=O) groups is 1. The van der Waals surface area contributed by atoms with Crippen molar-refractivity contribution in [1.29, 1.82) is 0 Å². The minimum atomic E-state index is 0.282. The van der Waals surface area contributed by atoms with E-state index in [-0.39, 0.29) is 5.92 Å². The van der Waals surface area contributed by atoms with Gasteiger partial charge in [-0.05, 0) is 25.7 Å². The van der Waals surface area contributed by atoms with E-state index in [1.165, 1.54) is 0 Å². The first-order chi connectivity index (χ1) is 6.80. The van der Waals surface area contributed by atoms with Gasteiger partial charge < -0.3 is 15.4 Å². The molecule has 0 saturated heterocycles. The minimum Gasteiger partial charge on any atom is -0.359 e. The second-order valence-electron chi connectivity index (χ2n) is 3.71. The maximum absolute atomic E-state index is 10.5. The molecule has 1 fully saturated rings. The van der Waals surface area contributed by atoms with Crippen LogP contribution in [0.3, 0.4) is 0 Å². The fraction of sp³-hybridized carbons (Fsp3) is 0.800. The van der Waals surface area contributed by atoms with Gasteiger partial charge in [0.2, 0.25) is 0 Å². The topological polar surface area (TPSA) is 53.5 Å². The molecule has 0 spiro atoms. The van der Waals surface area contributed by atoms with Gasteiger partial charge in [0.05, 0.1) is 0 Å². The van der Waals surface area contributed by atoms with Crippen LogP contribution >= 0.6 is 0 Å². The zero-order chi connectivity index (χ0) is 10.4. The van der Waals surface area contributed by atoms with Gasteiger partial charge in [0, 0.05) is 26.1 Å². The largest absolute Gasteiger partial charge is 0.359 e. The zero-order valence-electron chi connectivity index (χ0n) is 8.92. The number of guanidine groups is 1. The summed E-state index contributed by atoms with van der Waals surface area (Å²) < 4.78 is 0. The lowest BCUT2D eigenvalue weighted by Crippen LogP contribution is -2.43. The summed E-state index contributed by atoms with van der Waals surface area (Å²) in [4.78, 5) is 14.6. The van der Waals surface area contributed by atoms with Gasteiger partial charge in [0.25, 0.3) is 0 Å². The van der Waals surface area contributed by atoms with Crippen LogP contribution < -0.4 is 10.6 Å². The lowest BCUT2D eigenvalue weighted by Gasteiger charge is -2.27. The number of nitrogens with zero attached hydrogens (tertiary/aromatic N) is 1. The molecule has 0 atom stereocenters. The molecule has 0 radical (unpaired) electrons. The Balaban J connectivity index is 2.31. The SMILES string of the molecule is CN=C(NC)NC1CCC(C=O)CC1. The van der Waals surface area contributed by atoms with Gasteiger partial charge in [-0.3, -0.25) is 4.99 Å². The van der Waals surface area contributed by atoms with Crippen LogP contribution in [0.4, 0.5) is 0 Å². The summed E-state index contributed by atoms with van der Waals surface area (Å²) >= 11 is 0. The molecule has 14 heavy (non-hydrogen) atoms. The summed E-state index contributed by atoms with van der Waals surface area (Å²) in [5, 5.41) is 6.32. The van der Waals surface area contributed by atoms with Crippen molar-refractivity contribution in [2.75, 3.05) is 14.1 Å². The third kappa shape index (κ3) is 3.01. The Bertz CT molecular complexity index is 207. The lowest BCUT2D eigenvalue weighted by molar-refractivity contribution is -0.111. The molecule has 0 heterocycles. The quantitative estimate of drug-likeness (QED) is 0.386. The first kappa shape index (κ1) is 11.0. The van der Waals surface area contributed by atoms with E-state index >= 15 is 0 Å². The van der Waals surface area contributed by atoms with Crippen LogP contribution in [0.2, 0.25) is 0 Å². The highest BCUT2D eigenvalue weighted by atomic mass is 16.1. The molecule has 0 amide bonds. The first-order valence-electron chi connectivity index (χ1n) is 5.16. The highest BCUT2D eigenvalue weighted by Gasteiger charge is 2.20. The van der Waals surface area contributed by atoms with Crippen molar-refractivity contribution in [2.45, 2.75) is 31.7 Å². The van der Waals surface area contributed by atoms with Crippen molar-refractivity contribution in [2.24, 2.45) is 10.9 Å². The van der Waals surface area contributed by atoms with Crippen LogP contribution in [0.15, 0.2) is 4.99 Å². The smallest absolute Gasteiger partial charge is 0.190 e. The summed E-state index contributed by atoms with van der Waals surface area (Å²) in [5.74, 6) is 1.12. The Kier molecular flexibility index (Phi) is 4.43. The fourth-order valence-corrected chi connectivity index (χ4v) is 1.84. The highest BCUT2D eigenvalue weighted by Crippen LogP contribution is 2.22. The number of carbonyl (C=O) groups excluding carboxylic acids is 1. The second kappa shape index (κ2) is 5.62. The molecule has 2 N–H and O–H groups in total. The van der Waals surface area contributed by atoms with Gasteiger partial charge in [-0.2, -0.15) is 0 Å². The Hall–Kier alpha value is -1.06. The Morgan fingerprint density at radius 3 is 2.43 bits per heavy atom. The van der Waals surface area contributed by atoms with Gasteiger partial charge >= 0.3 is 0 Å². The molecular formula is C10H19N3O. The Morgan fingerprint density at radius 2 is 2.00 bits per heavy atom. The molecule has 0 bridgehead atoms. The van der Waals surface area contributed by atoms with Crippen LogP contribution in [0.5, 0.6) is 0 Å². The number of nitrogens with one attached hydrogen (secondary N) is 2. The molecule has 4 nitrogen and oxygen atoms in total. The van der Waals surface area contributed by atoms with Crippen molar-refractivity contribution in [3.63, 3.8) is 0 Å². The van der Waals surface area contributed by atoms with Gasteiger partial charge in [0.15, 0.2) is 5.96 Å². The van der Waals surface area contributed by atoms with Crippen molar-refractivity contribution < 1.29 is 4.79 Å². The van der Waals surface area contributed by atoms with Crippen molar-refractivity contribution in [3.8, 4) is 0 Å². The molecule has 1 aliphatic rings. The highest BCUT2D eigenvalue weighted by molar-refractivity contribution is 5.79. The average molecular weight is 197 g/mol. The number of aldehydes is 1. The van der Waals surface area contributed by atoms with Gasteiger partial charge in [-0.15, -0.1) is 0 Å². The molecule has 4 heteroatoms. The van der Waals surface area contributed by atoms with E-state index in [0.717, 1.165) is 37.9 Å². The zero-order valence-corrected chi connectivity index (χ0v) is 8.92. The van der Waals surface area contributed by atoms with Gasteiger partial charge in [0.1, 0.15) is 6.29 Å². The van der Waals surface area contributed by atoms with Crippen LogP contribution in [0.25, 0.3) is 0 Å². The average Bonchev–Trinajstić information content (AvgIpc) is 2.26. The first-order valence-corrected chi connectivity index (χ1v) is 5.16. The molecule has 1 saturated carbocycles. The van der Waals surface area contributed by atoms with E-state index < -0.39 is 0 Å². The second-order valence-corrected chi connectivity index (χ2v) is 3.71. The molecule has 0 aromatic carbocycles. The third-order valence-corrected chi connectivity index (χ3v) is 2.77. The predicted molar refractivity (Wildman–Crippen MR) is 57.4 cm³/mol. The molecule has 0 aromatic rings. The Morgan fingerprint density at radius 1 is 1.36 bits per heavy atom. The molecule has 0 aliphatic heterocycles. The van der Waals surface area contributed by atoms with Crippen LogP contribution in [-0.4, -0.2) is 32.4 Å². The number of hydrogen-bond acceptors (Lipinski definition) is 2. The van der Waals surface area contributed by atoms with Gasteiger partial charge in [-0.25, -0.2) is 0 Å². The molecule has 0 aromatic heterocycles. The summed E-state index contributed by atoms with van der Waals surface area (Å²) in [5.41, 5.74) is 0. The standard InChI is InChI=1S/C10H19N3O/c1-11-10(12-2)13-9-5-3-8(7-14)4-6-9/h7-9H,3-6H2,1-2H3,(H2,11,12,13). The molecular weight excluding hydrogens is 178 g/mol. The Labute approximate surface area is 85.2 Å². The minimum absolute atomic E-state index is 0.282. The summed E-state index contributed by atoms with van der Waals surface area (Å²) in [6.45, 7) is 0. The van der Waals surface area contributed by atoms with Crippen LogP contribution in [0, 0.1) is 5.92 Å². The van der Waals surface area contributed by atoms with Gasteiger partial charge in [-0.1, -0.05) is 0 Å². The summed E-state index contributed by atoms with van der Waals surface area (Å²) in [6, 6.07) is 0.470. The molecule has 80 valence electrons. The monoisotopic (exact) mass is 197 g/mol. The number of aliphatic imine (C=N–C) groups is 1. The lowest BCUT2D eigenvalue weighted by atomic mass is 9.87. The predicted octanol–water partition coefficient (Wildman–Crippen LogP) is 0.539. The summed E-state index contributed by atoms with van der Waals surface area (Å²) in [7, 11) is 3.61. The van der Waals surface area contributed by atoms with E-state index in [2.05, 4.69) is 15.6 Å². The van der Waals surface area contributed by atoms with Crippen molar-refractivity contribution >= 4 is 12.2 Å². The van der Waals surface area contributed by atoms with Crippen molar-refractivity contribution in [1.82, 2.24) is 10.6 Å². The molecule has 0 unspecified atom stereocenters. The van der Waals surface area contributed by atoms with Crippen LogP contribution in [0.1, 0.15) is 25.7 Å². The van der Waals surface area contributed by atoms with E-state index in [9.17, 15) is 4.79 Å². The summed E-state index contributed by atoms with van der Waals surface area (Å²) in [6.07, 6.45) is 5.21. The van der Waals surface area contributed by atoms with E-state index in [1.54, 1.807) is 7.05 Å². The van der Waals surface area contributed by atoms with Crippen molar-refractivity contribution in [3.05, 3.63) is 0 Å². The maximum atomic E-state index is 10.5. The third-order valence-electron chi connectivity index (χ3n) is 2.77. The number of rotatable bonds is 2. The van der Waals surface area contributed by atoms with E-state index in [4.69, 9.17) is 0 Å². The van der Waals surface area contributed by atoms with E-state index in [0.29, 0.717) is 6.04 Å². The van der Waals surface area contributed by atoms with E-state index in [1.807, 2.05) is 7.05 Å². The normalized spacial score (nSPS) is 28.3. The fourth-order valence-electron chi connectivity index (χ4n) is 1.84. The maximum Gasteiger partial charge on any atom is 0.190 e.